The molecule has 0 N–H and O–H groups in total. The summed E-state index contributed by atoms with van der Waals surface area (Å²) in [4.78, 5) is 28.2. The summed E-state index contributed by atoms with van der Waals surface area (Å²) in [6.45, 7) is 3.95. The molecular formula is C22H19ClFNO5. The molecule has 6 nitrogen and oxygen atoms in total. The van der Waals surface area contributed by atoms with E-state index in [0.717, 1.165) is 0 Å². The average molecular weight is 432 g/mol. The zero-order valence-corrected chi connectivity index (χ0v) is 17.2. The van der Waals surface area contributed by atoms with Crippen LogP contribution in [0.2, 0.25) is 5.02 Å². The molecule has 0 spiro atoms. The number of carbonyl (C=O) groups is 2. The Morgan fingerprint density at radius 1 is 1.27 bits per heavy atom. The minimum Gasteiger partial charge on any atom is -0.490 e. The Hall–Kier alpha value is -3.19. The summed E-state index contributed by atoms with van der Waals surface area (Å²) >= 11 is 6.29. The minimum atomic E-state index is -0.721. The van der Waals surface area contributed by atoms with Crippen molar-refractivity contribution in [1.29, 1.82) is 0 Å². The van der Waals surface area contributed by atoms with Crippen molar-refractivity contribution in [3.05, 3.63) is 64.1 Å². The van der Waals surface area contributed by atoms with Crippen molar-refractivity contribution in [2.75, 3.05) is 6.61 Å². The summed E-state index contributed by atoms with van der Waals surface area (Å²) in [6, 6.07) is 8.94. The highest BCUT2D eigenvalue weighted by Crippen LogP contribution is 2.38. The Balaban J connectivity index is 1.95. The van der Waals surface area contributed by atoms with E-state index in [1.165, 1.54) is 30.3 Å². The first-order valence-corrected chi connectivity index (χ1v) is 9.75. The third kappa shape index (κ3) is 4.86. The Kier molecular flexibility index (Phi) is 6.84. The molecule has 1 aliphatic rings. The Morgan fingerprint density at radius 3 is 2.73 bits per heavy atom. The van der Waals surface area contributed by atoms with Crippen LogP contribution in [-0.2, 0) is 14.3 Å². The molecule has 0 atom stereocenters. The normalized spacial score (nSPS) is 14.5. The van der Waals surface area contributed by atoms with Crippen LogP contribution in [0, 0.1) is 5.82 Å². The fourth-order valence-corrected chi connectivity index (χ4v) is 2.98. The standard InChI is InChI=1S/C22H19ClFNO5/c1-3-7-19(26)29-20-15(23)10-13(12-18(20)28-4-2)11-17-22(27)30-21(25-17)14-8-5-6-9-16(14)24/h5-6,8-12H,3-4,7H2,1-2H3/b17-11-. The number of esters is 2. The first-order valence-electron chi connectivity index (χ1n) is 9.37. The van der Waals surface area contributed by atoms with Gasteiger partial charge in [-0.05, 0) is 49.2 Å². The van der Waals surface area contributed by atoms with Gasteiger partial charge in [-0.2, -0.15) is 0 Å². The van der Waals surface area contributed by atoms with Gasteiger partial charge in [0.2, 0.25) is 5.90 Å². The summed E-state index contributed by atoms with van der Waals surface area (Å²) in [6.07, 6.45) is 2.31. The number of aliphatic imine (C=N–C) groups is 1. The van der Waals surface area contributed by atoms with Crippen molar-refractivity contribution in [1.82, 2.24) is 0 Å². The van der Waals surface area contributed by atoms with E-state index < -0.39 is 17.8 Å². The molecule has 1 heterocycles. The zero-order chi connectivity index (χ0) is 21.7. The highest BCUT2D eigenvalue weighted by molar-refractivity contribution is 6.32. The van der Waals surface area contributed by atoms with Crippen LogP contribution in [0.5, 0.6) is 11.5 Å². The number of carbonyl (C=O) groups excluding carboxylic acids is 2. The second kappa shape index (κ2) is 9.54. The molecule has 8 heteroatoms. The van der Waals surface area contributed by atoms with Crippen LogP contribution in [-0.4, -0.2) is 24.4 Å². The van der Waals surface area contributed by atoms with E-state index in [2.05, 4.69) is 4.99 Å². The van der Waals surface area contributed by atoms with E-state index in [0.29, 0.717) is 18.6 Å². The van der Waals surface area contributed by atoms with Crippen molar-refractivity contribution in [2.45, 2.75) is 26.7 Å². The predicted molar refractivity (Wildman–Crippen MR) is 110 cm³/mol. The van der Waals surface area contributed by atoms with E-state index in [1.54, 1.807) is 19.1 Å². The van der Waals surface area contributed by atoms with E-state index >= 15 is 0 Å². The van der Waals surface area contributed by atoms with Gasteiger partial charge in [0.25, 0.3) is 0 Å². The first-order chi connectivity index (χ1) is 14.4. The molecule has 0 radical (unpaired) electrons. The van der Waals surface area contributed by atoms with Gasteiger partial charge in [-0.1, -0.05) is 30.7 Å². The molecule has 0 saturated carbocycles. The molecule has 0 amide bonds. The van der Waals surface area contributed by atoms with Crippen LogP contribution in [0.1, 0.15) is 37.8 Å². The second-order valence-electron chi connectivity index (χ2n) is 6.30. The Morgan fingerprint density at radius 2 is 2.03 bits per heavy atom. The quantitative estimate of drug-likeness (QED) is 0.353. The van der Waals surface area contributed by atoms with Crippen LogP contribution < -0.4 is 9.47 Å². The third-order valence-corrected chi connectivity index (χ3v) is 4.31. The fourth-order valence-electron chi connectivity index (χ4n) is 2.72. The van der Waals surface area contributed by atoms with Gasteiger partial charge >= 0.3 is 11.9 Å². The largest absolute Gasteiger partial charge is 0.490 e. The van der Waals surface area contributed by atoms with Gasteiger partial charge in [-0.3, -0.25) is 4.79 Å². The van der Waals surface area contributed by atoms with Crippen LogP contribution in [0.15, 0.2) is 47.1 Å². The molecule has 0 aliphatic carbocycles. The third-order valence-electron chi connectivity index (χ3n) is 4.03. The van der Waals surface area contributed by atoms with Gasteiger partial charge in [-0.25, -0.2) is 14.2 Å². The summed E-state index contributed by atoms with van der Waals surface area (Å²) in [5, 5.41) is 0.141. The van der Waals surface area contributed by atoms with Gasteiger partial charge in [0.15, 0.2) is 17.2 Å². The van der Waals surface area contributed by atoms with Gasteiger partial charge < -0.3 is 14.2 Å². The summed E-state index contributed by atoms with van der Waals surface area (Å²) in [5.74, 6) is -1.45. The van der Waals surface area contributed by atoms with Crippen molar-refractivity contribution in [3.8, 4) is 11.5 Å². The molecule has 0 fully saturated rings. The zero-order valence-electron chi connectivity index (χ0n) is 16.4. The van der Waals surface area contributed by atoms with Gasteiger partial charge in [0.05, 0.1) is 17.2 Å². The molecule has 30 heavy (non-hydrogen) atoms. The average Bonchev–Trinajstić information content (AvgIpc) is 3.05. The van der Waals surface area contributed by atoms with E-state index in [9.17, 15) is 14.0 Å². The topological polar surface area (TPSA) is 74.2 Å². The smallest absolute Gasteiger partial charge is 0.363 e. The maximum atomic E-state index is 13.9. The second-order valence-corrected chi connectivity index (χ2v) is 6.71. The lowest BCUT2D eigenvalue weighted by Crippen LogP contribution is -2.09. The summed E-state index contributed by atoms with van der Waals surface area (Å²) in [5.41, 5.74) is 0.534. The van der Waals surface area contributed by atoms with Crippen LogP contribution in [0.4, 0.5) is 4.39 Å². The fraction of sp³-hybridized carbons (Fsp3) is 0.227. The molecule has 156 valence electrons. The molecular weight excluding hydrogens is 413 g/mol. The molecule has 2 aromatic carbocycles. The maximum Gasteiger partial charge on any atom is 0.363 e. The van der Waals surface area contributed by atoms with Crippen LogP contribution >= 0.6 is 11.6 Å². The number of benzene rings is 2. The van der Waals surface area contributed by atoms with Gasteiger partial charge in [-0.15, -0.1) is 0 Å². The Bertz CT molecular complexity index is 1050. The molecule has 0 saturated heterocycles. The Labute approximate surface area is 177 Å². The number of rotatable bonds is 7. The number of nitrogens with zero attached hydrogens (tertiary/aromatic N) is 1. The number of ether oxygens (including phenoxy) is 3. The van der Waals surface area contributed by atoms with Crippen molar-refractivity contribution >= 4 is 35.5 Å². The molecule has 0 bridgehead atoms. The highest BCUT2D eigenvalue weighted by atomic mass is 35.5. The van der Waals surface area contributed by atoms with Crippen LogP contribution in [0.25, 0.3) is 6.08 Å². The lowest BCUT2D eigenvalue weighted by atomic mass is 10.1. The monoisotopic (exact) mass is 431 g/mol. The number of hydrogen-bond donors (Lipinski definition) is 0. The van der Waals surface area contributed by atoms with Gasteiger partial charge in [0.1, 0.15) is 5.82 Å². The molecule has 2 aromatic rings. The van der Waals surface area contributed by atoms with Crippen molar-refractivity contribution in [3.63, 3.8) is 0 Å². The van der Waals surface area contributed by atoms with E-state index in [-0.39, 0.29) is 40.1 Å². The predicted octanol–water partition coefficient (Wildman–Crippen LogP) is 4.93. The molecule has 0 aromatic heterocycles. The summed E-state index contributed by atoms with van der Waals surface area (Å²) < 4.78 is 29.9. The van der Waals surface area contributed by atoms with E-state index in [4.69, 9.17) is 25.8 Å². The molecule has 3 rings (SSSR count). The van der Waals surface area contributed by atoms with Crippen molar-refractivity contribution in [2.24, 2.45) is 4.99 Å². The molecule has 0 unspecified atom stereocenters. The first kappa shape index (κ1) is 21.5. The number of cyclic esters (lactones) is 1. The summed E-state index contributed by atoms with van der Waals surface area (Å²) in [7, 11) is 0. The maximum absolute atomic E-state index is 13.9. The van der Waals surface area contributed by atoms with Crippen LogP contribution in [0.3, 0.4) is 0 Å². The van der Waals surface area contributed by atoms with Crippen molar-refractivity contribution < 1.29 is 28.2 Å². The van der Waals surface area contributed by atoms with Gasteiger partial charge in [0, 0.05) is 6.42 Å². The SMILES string of the molecule is CCCC(=O)Oc1c(Cl)cc(/C=C2\N=C(c3ccccc3F)OC2=O)cc1OCC. The highest BCUT2D eigenvalue weighted by Gasteiger charge is 2.26. The minimum absolute atomic E-state index is 0.0255. The lowest BCUT2D eigenvalue weighted by molar-refractivity contribution is -0.134. The lowest BCUT2D eigenvalue weighted by Gasteiger charge is -2.13. The molecule has 1 aliphatic heterocycles. The van der Waals surface area contributed by atoms with E-state index in [1.807, 2.05) is 6.92 Å². The number of hydrogen-bond acceptors (Lipinski definition) is 6. The number of halogens is 2.